The third kappa shape index (κ3) is 3.09. The first-order valence-electron chi connectivity index (χ1n) is 3.67. The summed E-state index contributed by atoms with van der Waals surface area (Å²) < 4.78 is 0. The van der Waals surface area contributed by atoms with Gasteiger partial charge in [-0.1, -0.05) is 12.1 Å². The standard InChI is InChI=1S/C8H5NO6.K/c10-7(11)4-2-1-3-5(9(14)15)6(4)8(12)13;/h1-3H,(H,10,11)(H,12,13);/q;+1/p-1. The molecule has 1 N–H and O–H groups in total. The van der Waals surface area contributed by atoms with Crippen molar-refractivity contribution in [2.45, 2.75) is 0 Å². The molecule has 0 radical (unpaired) electrons. The molecular formula is C8H4KNO6. The Morgan fingerprint density at radius 2 is 1.88 bits per heavy atom. The first-order chi connectivity index (χ1) is 6.95. The molecule has 1 rings (SSSR count). The molecular weight excluding hydrogens is 245 g/mol. The number of carboxylic acids is 2. The zero-order valence-electron chi connectivity index (χ0n) is 8.17. The zero-order valence-corrected chi connectivity index (χ0v) is 11.3. The predicted molar refractivity (Wildman–Crippen MR) is 44.4 cm³/mol. The number of benzene rings is 1. The Labute approximate surface area is 132 Å². The molecule has 0 fully saturated rings. The van der Waals surface area contributed by atoms with E-state index in [0.29, 0.717) is 0 Å². The van der Waals surface area contributed by atoms with Crippen LogP contribution in [0.2, 0.25) is 0 Å². The largest absolute Gasteiger partial charge is 1.00 e. The van der Waals surface area contributed by atoms with Crippen LogP contribution in [0.15, 0.2) is 18.2 Å². The van der Waals surface area contributed by atoms with E-state index < -0.39 is 33.7 Å². The maximum Gasteiger partial charge on any atom is 1.00 e. The molecule has 78 valence electrons. The Morgan fingerprint density at radius 1 is 1.31 bits per heavy atom. The zero-order chi connectivity index (χ0) is 11.6. The summed E-state index contributed by atoms with van der Waals surface area (Å²) in [6, 6.07) is 2.93. The third-order valence-corrected chi connectivity index (χ3v) is 1.67. The van der Waals surface area contributed by atoms with Gasteiger partial charge in [0.2, 0.25) is 0 Å². The van der Waals surface area contributed by atoms with Crippen LogP contribution in [-0.4, -0.2) is 22.0 Å². The molecule has 1 aromatic carbocycles. The molecule has 0 bridgehead atoms. The van der Waals surface area contributed by atoms with E-state index in [1.165, 1.54) is 0 Å². The molecule has 7 nitrogen and oxygen atoms in total. The van der Waals surface area contributed by atoms with E-state index >= 15 is 0 Å². The number of hydrogen-bond acceptors (Lipinski definition) is 5. The van der Waals surface area contributed by atoms with Crippen molar-refractivity contribution >= 4 is 17.6 Å². The van der Waals surface area contributed by atoms with Gasteiger partial charge in [-0.3, -0.25) is 10.1 Å². The number of hydrogen-bond donors (Lipinski definition) is 1. The molecule has 0 aliphatic rings. The monoisotopic (exact) mass is 249 g/mol. The maximum absolute atomic E-state index is 10.7. The van der Waals surface area contributed by atoms with Crippen molar-refractivity contribution in [3.05, 3.63) is 39.4 Å². The predicted octanol–water partition coefficient (Wildman–Crippen LogP) is -3.34. The molecule has 8 heteroatoms. The van der Waals surface area contributed by atoms with Gasteiger partial charge >= 0.3 is 57.4 Å². The van der Waals surface area contributed by atoms with Crippen LogP contribution in [0, 0.1) is 10.1 Å². The summed E-state index contributed by atoms with van der Waals surface area (Å²) in [5, 5.41) is 29.6. The normalized spacial score (nSPS) is 9.00. The Hall–Kier alpha value is -0.804. The Balaban J connectivity index is 0.00000225. The van der Waals surface area contributed by atoms with Crippen molar-refractivity contribution in [3.8, 4) is 0 Å². The second kappa shape index (κ2) is 6.06. The molecule has 0 aromatic heterocycles. The number of rotatable bonds is 3. The van der Waals surface area contributed by atoms with E-state index in [-0.39, 0.29) is 51.4 Å². The average molecular weight is 249 g/mol. The summed E-state index contributed by atoms with van der Waals surface area (Å²) in [4.78, 5) is 30.6. The minimum Gasteiger partial charge on any atom is -0.545 e. The number of aromatic carboxylic acids is 2. The van der Waals surface area contributed by atoms with E-state index in [0.717, 1.165) is 18.2 Å². The van der Waals surface area contributed by atoms with Crippen LogP contribution >= 0.6 is 0 Å². The summed E-state index contributed by atoms with van der Waals surface area (Å²) in [5.41, 5.74) is -2.36. The van der Waals surface area contributed by atoms with Crippen molar-refractivity contribution in [2.75, 3.05) is 0 Å². The van der Waals surface area contributed by atoms with Gasteiger partial charge in [-0.05, 0) is 0 Å². The Bertz CT molecular complexity index is 426. The molecule has 16 heavy (non-hydrogen) atoms. The number of nitro groups is 1. The number of nitro benzene ring substituents is 1. The minimum absolute atomic E-state index is 0. The van der Waals surface area contributed by atoms with Gasteiger partial charge in [-0.25, -0.2) is 4.79 Å². The topological polar surface area (TPSA) is 121 Å². The molecule has 1 aromatic rings. The van der Waals surface area contributed by atoms with Crippen LogP contribution in [0.25, 0.3) is 0 Å². The van der Waals surface area contributed by atoms with E-state index in [2.05, 4.69) is 0 Å². The van der Waals surface area contributed by atoms with Crippen LogP contribution < -0.4 is 56.5 Å². The number of carbonyl (C=O) groups is 2. The summed E-state index contributed by atoms with van der Waals surface area (Å²) in [5.74, 6) is -3.45. The molecule has 0 aliphatic carbocycles. The third-order valence-electron chi connectivity index (χ3n) is 1.67. The molecule has 0 saturated carbocycles. The summed E-state index contributed by atoms with van der Waals surface area (Å²) in [6.07, 6.45) is 0. The summed E-state index contributed by atoms with van der Waals surface area (Å²) >= 11 is 0. The van der Waals surface area contributed by atoms with Crippen LogP contribution in [0.4, 0.5) is 5.69 Å². The first-order valence-corrected chi connectivity index (χ1v) is 3.67. The van der Waals surface area contributed by atoms with Crippen LogP contribution in [-0.2, 0) is 0 Å². The summed E-state index contributed by atoms with van der Waals surface area (Å²) in [7, 11) is 0. The Morgan fingerprint density at radius 3 is 2.25 bits per heavy atom. The molecule has 0 amide bonds. The van der Waals surface area contributed by atoms with E-state index in [1.807, 2.05) is 0 Å². The quantitative estimate of drug-likeness (QED) is 0.339. The van der Waals surface area contributed by atoms with Crippen molar-refractivity contribution < 1.29 is 76.1 Å². The van der Waals surface area contributed by atoms with E-state index in [9.17, 15) is 24.8 Å². The molecule has 0 unspecified atom stereocenters. The Kier molecular flexibility index (Phi) is 5.76. The molecule has 0 heterocycles. The second-order valence-corrected chi connectivity index (χ2v) is 2.55. The first kappa shape index (κ1) is 15.2. The fourth-order valence-electron chi connectivity index (χ4n) is 1.09. The smallest absolute Gasteiger partial charge is 0.545 e. The number of carbonyl (C=O) groups excluding carboxylic acids is 1. The second-order valence-electron chi connectivity index (χ2n) is 2.55. The van der Waals surface area contributed by atoms with Crippen LogP contribution in [0.3, 0.4) is 0 Å². The molecule has 0 aliphatic heterocycles. The van der Waals surface area contributed by atoms with Gasteiger partial charge in [-0.2, -0.15) is 0 Å². The number of carboxylic acid groups (broad SMARTS) is 2. The summed E-state index contributed by atoms with van der Waals surface area (Å²) in [6.45, 7) is 0. The van der Waals surface area contributed by atoms with Gasteiger partial charge in [0.25, 0.3) is 5.69 Å². The van der Waals surface area contributed by atoms with E-state index in [1.54, 1.807) is 0 Å². The van der Waals surface area contributed by atoms with Gasteiger partial charge in [0.1, 0.15) is 5.56 Å². The fourth-order valence-corrected chi connectivity index (χ4v) is 1.09. The van der Waals surface area contributed by atoms with Gasteiger partial charge in [-0.15, -0.1) is 0 Å². The molecule has 0 atom stereocenters. The van der Waals surface area contributed by atoms with Gasteiger partial charge in [0.15, 0.2) is 0 Å². The van der Waals surface area contributed by atoms with Crippen molar-refractivity contribution in [1.29, 1.82) is 0 Å². The van der Waals surface area contributed by atoms with Gasteiger partial charge in [0.05, 0.1) is 10.9 Å². The van der Waals surface area contributed by atoms with Crippen LogP contribution in [0.5, 0.6) is 0 Å². The number of nitrogens with zero attached hydrogens (tertiary/aromatic N) is 1. The van der Waals surface area contributed by atoms with E-state index in [4.69, 9.17) is 5.11 Å². The SMILES string of the molecule is O=C([O-])c1cccc([N+](=O)[O-])c1C(=O)O.[K+]. The van der Waals surface area contributed by atoms with Crippen molar-refractivity contribution in [1.82, 2.24) is 0 Å². The van der Waals surface area contributed by atoms with Crippen molar-refractivity contribution in [3.63, 3.8) is 0 Å². The maximum atomic E-state index is 10.7. The minimum atomic E-state index is -1.77. The van der Waals surface area contributed by atoms with Gasteiger partial charge < -0.3 is 15.0 Å². The molecule has 0 spiro atoms. The fraction of sp³-hybridized carbons (Fsp3) is 0. The van der Waals surface area contributed by atoms with Gasteiger partial charge in [0, 0.05) is 11.6 Å². The van der Waals surface area contributed by atoms with Crippen molar-refractivity contribution in [2.24, 2.45) is 0 Å². The molecule has 0 saturated heterocycles. The van der Waals surface area contributed by atoms with Crippen LogP contribution in [0.1, 0.15) is 20.7 Å². The average Bonchev–Trinajstić information content (AvgIpc) is 2.16.